The van der Waals surface area contributed by atoms with E-state index in [-0.39, 0.29) is 5.91 Å². The van der Waals surface area contributed by atoms with Gasteiger partial charge in [0.2, 0.25) is 5.91 Å². The molecule has 14 heavy (non-hydrogen) atoms. The van der Waals surface area contributed by atoms with Crippen molar-refractivity contribution in [2.75, 3.05) is 26.2 Å². The highest BCUT2D eigenvalue weighted by Crippen LogP contribution is 2.07. The van der Waals surface area contributed by atoms with E-state index in [1.54, 1.807) is 0 Å². The number of likely N-dealkylation sites (tertiary alicyclic amines) is 1. The van der Waals surface area contributed by atoms with Gasteiger partial charge in [-0.1, -0.05) is 6.08 Å². The summed E-state index contributed by atoms with van der Waals surface area (Å²) in [7, 11) is 0. The lowest BCUT2D eigenvalue weighted by molar-refractivity contribution is -0.131. The molecule has 1 heterocycles. The average molecular weight is 196 g/mol. The lowest BCUT2D eigenvalue weighted by Gasteiger charge is -2.26. The van der Waals surface area contributed by atoms with E-state index in [1.807, 2.05) is 11.0 Å². The number of rotatable bonds is 5. The summed E-state index contributed by atoms with van der Waals surface area (Å²) in [4.78, 5) is 13.6. The van der Waals surface area contributed by atoms with Crippen molar-refractivity contribution in [2.24, 2.45) is 0 Å². The Hall–Kier alpha value is -0.830. The van der Waals surface area contributed by atoms with E-state index in [1.165, 1.54) is 19.3 Å². The predicted octanol–water partition coefficient (Wildman–Crippen LogP) is 1.16. The van der Waals surface area contributed by atoms with E-state index in [2.05, 4.69) is 11.9 Å². The van der Waals surface area contributed by atoms with Crippen LogP contribution in [0.5, 0.6) is 0 Å². The molecule has 1 saturated heterocycles. The van der Waals surface area contributed by atoms with E-state index in [9.17, 15) is 4.79 Å². The van der Waals surface area contributed by atoms with Gasteiger partial charge in [-0.3, -0.25) is 4.79 Å². The van der Waals surface area contributed by atoms with Crippen LogP contribution in [0.25, 0.3) is 0 Å². The smallest absolute Gasteiger partial charge is 0.236 e. The number of nitrogens with zero attached hydrogens (tertiary/aromatic N) is 1. The second-order valence-corrected chi connectivity index (χ2v) is 3.70. The van der Waals surface area contributed by atoms with E-state index in [0.717, 1.165) is 26.1 Å². The highest BCUT2D eigenvalue weighted by molar-refractivity contribution is 5.78. The molecule has 0 bridgehead atoms. The molecule has 0 saturated carbocycles. The van der Waals surface area contributed by atoms with E-state index < -0.39 is 0 Å². The molecule has 1 aliphatic rings. The summed E-state index contributed by atoms with van der Waals surface area (Å²) in [5.74, 6) is 0.244. The molecule has 3 nitrogen and oxygen atoms in total. The van der Waals surface area contributed by atoms with Gasteiger partial charge >= 0.3 is 0 Å². The van der Waals surface area contributed by atoms with E-state index in [4.69, 9.17) is 0 Å². The third kappa shape index (κ3) is 3.92. The lowest BCUT2D eigenvalue weighted by atomic mass is 10.1. The zero-order valence-electron chi connectivity index (χ0n) is 8.80. The number of piperidine rings is 1. The number of amides is 1. The Bertz CT molecular complexity index is 186. The maximum absolute atomic E-state index is 11.6. The first-order chi connectivity index (χ1) is 6.84. The van der Waals surface area contributed by atoms with Crippen molar-refractivity contribution in [3.05, 3.63) is 12.7 Å². The molecule has 0 aromatic heterocycles. The Morgan fingerprint density at radius 3 is 2.71 bits per heavy atom. The van der Waals surface area contributed by atoms with E-state index in [0.29, 0.717) is 6.54 Å². The number of hydrogen-bond donors (Lipinski definition) is 1. The molecule has 0 aromatic rings. The second-order valence-electron chi connectivity index (χ2n) is 3.70. The van der Waals surface area contributed by atoms with E-state index >= 15 is 0 Å². The van der Waals surface area contributed by atoms with Gasteiger partial charge in [0.15, 0.2) is 0 Å². The fraction of sp³-hybridized carbons (Fsp3) is 0.727. The van der Waals surface area contributed by atoms with Crippen LogP contribution in [-0.4, -0.2) is 37.0 Å². The van der Waals surface area contributed by atoms with Crippen molar-refractivity contribution < 1.29 is 4.79 Å². The molecule has 0 unspecified atom stereocenters. The molecule has 1 aliphatic heterocycles. The standard InChI is InChI=1S/C11H20N2O/c1-2-3-7-12-10-11(14)13-8-5-4-6-9-13/h2,12H,1,3-10H2. The van der Waals surface area contributed by atoms with Crippen LogP contribution in [0.3, 0.4) is 0 Å². The van der Waals surface area contributed by atoms with Crippen LogP contribution in [-0.2, 0) is 4.79 Å². The third-order valence-electron chi connectivity index (χ3n) is 2.51. The zero-order chi connectivity index (χ0) is 10.2. The Morgan fingerprint density at radius 1 is 1.36 bits per heavy atom. The molecule has 0 spiro atoms. The summed E-state index contributed by atoms with van der Waals surface area (Å²) in [6.45, 7) is 6.85. The Labute approximate surface area is 86.2 Å². The topological polar surface area (TPSA) is 32.3 Å². The van der Waals surface area contributed by atoms with Crippen LogP contribution >= 0.6 is 0 Å². The zero-order valence-corrected chi connectivity index (χ0v) is 8.80. The SMILES string of the molecule is C=CCCNCC(=O)N1CCCCC1. The van der Waals surface area contributed by atoms with Gasteiger partial charge in [0, 0.05) is 13.1 Å². The van der Waals surface area contributed by atoms with Gasteiger partial charge in [-0.15, -0.1) is 6.58 Å². The van der Waals surface area contributed by atoms with Crippen molar-refractivity contribution in [3.63, 3.8) is 0 Å². The number of carbonyl (C=O) groups excluding carboxylic acids is 1. The van der Waals surface area contributed by atoms with Crippen molar-refractivity contribution >= 4 is 5.91 Å². The Balaban J connectivity index is 2.10. The summed E-state index contributed by atoms with van der Waals surface area (Å²) >= 11 is 0. The monoisotopic (exact) mass is 196 g/mol. The van der Waals surface area contributed by atoms with Gasteiger partial charge in [-0.05, 0) is 32.2 Å². The maximum Gasteiger partial charge on any atom is 0.236 e. The number of carbonyl (C=O) groups is 1. The summed E-state index contributed by atoms with van der Waals surface area (Å²) in [6, 6.07) is 0. The summed E-state index contributed by atoms with van der Waals surface area (Å²) in [5.41, 5.74) is 0. The Morgan fingerprint density at radius 2 is 2.07 bits per heavy atom. The average Bonchev–Trinajstić information content (AvgIpc) is 2.25. The van der Waals surface area contributed by atoms with Gasteiger partial charge < -0.3 is 10.2 Å². The van der Waals surface area contributed by atoms with Gasteiger partial charge in [0.1, 0.15) is 0 Å². The molecule has 0 atom stereocenters. The van der Waals surface area contributed by atoms with Crippen molar-refractivity contribution in [1.29, 1.82) is 0 Å². The van der Waals surface area contributed by atoms with Crippen LogP contribution in [0.4, 0.5) is 0 Å². The van der Waals surface area contributed by atoms with Gasteiger partial charge in [0.05, 0.1) is 6.54 Å². The molecule has 0 radical (unpaired) electrons. The van der Waals surface area contributed by atoms with Crippen molar-refractivity contribution in [3.8, 4) is 0 Å². The fourth-order valence-corrected chi connectivity index (χ4v) is 1.65. The van der Waals surface area contributed by atoms with Crippen LogP contribution in [0, 0.1) is 0 Å². The fourth-order valence-electron chi connectivity index (χ4n) is 1.65. The molecular weight excluding hydrogens is 176 g/mol. The molecule has 1 rings (SSSR count). The first-order valence-electron chi connectivity index (χ1n) is 5.44. The maximum atomic E-state index is 11.6. The molecule has 0 aliphatic carbocycles. The van der Waals surface area contributed by atoms with Crippen molar-refractivity contribution in [2.45, 2.75) is 25.7 Å². The molecule has 1 fully saturated rings. The lowest BCUT2D eigenvalue weighted by Crippen LogP contribution is -2.41. The van der Waals surface area contributed by atoms with Gasteiger partial charge in [-0.2, -0.15) is 0 Å². The molecule has 1 N–H and O–H groups in total. The molecular formula is C11H20N2O. The van der Waals surface area contributed by atoms with Crippen LogP contribution < -0.4 is 5.32 Å². The molecule has 80 valence electrons. The number of hydrogen-bond acceptors (Lipinski definition) is 2. The predicted molar refractivity (Wildman–Crippen MR) is 58.1 cm³/mol. The highest BCUT2D eigenvalue weighted by atomic mass is 16.2. The summed E-state index contributed by atoms with van der Waals surface area (Å²) in [5, 5.41) is 3.12. The normalized spacial score (nSPS) is 16.7. The van der Waals surface area contributed by atoms with Crippen LogP contribution in [0.1, 0.15) is 25.7 Å². The minimum Gasteiger partial charge on any atom is -0.342 e. The van der Waals surface area contributed by atoms with Gasteiger partial charge in [0.25, 0.3) is 0 Å². The summed E-state index contributed by atoms with van der Waals surface area (Å²) in [6.07, 6.45) is 6.39. The molecule has 3 heteroatoms. The largest absolute Gasteiger partial charge is 0.342 e. The minimum absolute atomic E-state index is 0.244. The molecule has 0 aromatic carbocycles. The quantitative estimate of drug-likeness (QED) is 0.529. The van der Waals surface area contributed by atoms with Crippen LogP contribution in [0.15, 0.2) is 12.7 Å². The highest BCUT2D eigenvalue weighted by Gasteiger charge is 2.15. The summed E-state index contributed by atoms with van der Waals surface area (Å²) < 4.78 is 0. The minimum atomic E-state index is 0.244. The second kappa shape index (κ2) is 6.60. The first kappa shape index (κ1) is 11.2. The molecule has 1 amide bonds. The number of nitrogens with one attached hydrogen (secondary N) is 1. The van der Waals surface area contributed by atoms with Crippen LogP contribution in [0.2, 0.25) is 0 Å². The van der Waals surface area contributed by atoms with Gasteiger partial charge in [-0.25, -0.2) is 0 Å². The first-order valence-corrected chi connectivity index (χ1v) is 5.44. The Kier molecular flexibility index (Phi) is 5.30. The van der Waals surface area contributed by atoms with Crippen molar-refractivity contribution in [1.82, 2.24) is 10.2 Å². The third-order valence-corrected chi connectivity index (χ3v) is 2.51.